The van der Waals surface area contributed by atoms with Crippen LogP contribution in [0.25, 0.3) is 5.69 Å². The molecular weight excluding hydrogens is 290 g/mol. The van der Waals surface area contributed by atoms with Crippen molar-refractivity contribution in [3.63, 3.8) is 0 Å². The van der Waals surface area contributed by atoms with Gasteiger partial charge in [-0.05, 0) is 53.1 Å². The van der Waals surface area contributed by atoms with Crippen LogP contribution in [0.2, 0.25) is 0 Å². The fraction of sp³-hybridized carbons (Fsp3) is 0.176. The molecule has 0 saturated heterocycles. The number of nitrogens with one attached hydrogen (secondary N) is 1. The molecule has 3 rings (SSSR count). The van der Waals surface area contributed by atoms with Gasteiger partial charge >= 0.3 is 0 Å². The average Bonchev–Trinajstić information content (AvgIpc) is 3.11. The Kier molecular flexibility index (Phi) is 4.14. The van der Waals surface area contributed by atoms with E-state index in [1.54, 1.807) is 12.1 Å². The van der Waals surface area contributed by atoms with Gasteiger partial charge in [0.25, 0.3) is 5.91 Å². The fourth-order valence-corrected chi connectivity index (χ4v) is 2.46. The standard InChI is InChI=1S/C17H17N5O/c1-3-13-7-4-6-12(2)16(13)19-17(23)14-8-5-9-15(10-14)22-11-18-20-21-22/h4-11H,3H2,1-2H3,(H,19,23). The lowest BCUT2D eigenvalue weighted by molar-refractivity contribution is 0.102. The Balaban J connectivity index is 1.89. The van der Waals surface area contributed by atoms with Gasteiger partial charge in [0.1, 0.15) is 6.33 Å². The fourth-order valence-electron chi connectivity index (χ4n) is 2.46. The first-order valence-corrected chi connectivity index (χ1v) is 7.42. The molecule has 1 aromatic heterocycles. The Morgan fingerprint density at radius 2 is 2.04 bits per heavy atom. The van der Waals surface area contributed by atoms with Gasteiger partial charge in [-0.25, -0.2) is 4.68 Å². The maximum atomic E-state index is 12.6. The number of para-hydroxylation sites is 1. The monoisotopic (exact) mass is 307 g/mol. The molecule has 23 heavy (non-hydrogen) atoms. The molecule has 116 valence electrons. The van der Waals surface area contributed by atoms with E-state index in [0.717, 1.165) is 28.9 Å². The molecule has 0 bridgehead atoms. The van der Waals surface area contributed by atoms with Crippen molar-refractivity contribution in [3.8, 4) is 5.69 Å². The molecule has 2 aromatic carbocycles. The van der Waals surface area contributed by atoms with Crippen LogP contribution in [-0.2, 0) is 6.42 Å². The van der Waals surface area contributed by atoms with Crippen molar-refractivity contribution in [3.05, 3.63) is 65.5 Å². The zero-order chi connectivity index (χ0) is 16.2. The molecular formula is C17H17N5O. The number of amides is 1. The lowest BCUT2D eigenvalue weighted by Gasteiger charge is -2.13. The SMILES string of the molecule is CCc1cccc(C)c1NC(=O)c1cccc(-n2cnnn2)c1. The summed E-state index contributed by atoms with van der Waals surface area (Å²) in [5, 5.41) is 14.1. The number of anilines is 1. The van der Waals surface area contributed by atoms with Gasteiger partial charge in [-0.3, -0.25) is 4.79 Å². The number of aryl methyl sites for hydroxylation is 2. The van der Waals surface area contributed by atoms with Crippen LogP contribution in [0.5, 0.6) is 0 Å². The summed E-state index contributed by atoms with van der Waals surface area (Å²) in [6, 6.07) is 13.2. The van der Waals surface area contributed by atoms with Gasteiger partial charge in [0.15, 0.2) is 0 Å². The number of tetrazole rings is 1. The summed E-state index contributed by atoms with van der Waals surface area (Å²) in [5.74, 6) is -0.149. The Hall–Kier alpha value is -3.02. The zero-order valence-electron chi connectivity index (χ0n) is 13.0. The molecule has 0 radical (unpaired) electrons. The van der Waals surface area contributed by atoms with E-state index in [0.29, 0.717) is 5.56 Å². The topological polar surface area (TPSA) is 72.7 Å². The highest BCUT2D eigenvalue weighted by molar-refractivity contribution is 6.05. The first-order valence-electron chi connectivity index (χ1n) is 7.42. The summed E-state index contributed by atoms with van der Waals surface area (Å²) in [7, 11) is 0. The Morgan fingerprint density at radius 3 is 2.78 bits per heavy atom. The van der Waals surface area contributed by atoms with Gasteiger partial charge in [0, 0.05) is 11.3 Å². The van der Waals surface area contributed by atoms with Crippen molar-refractivity contribution >= 4 is 11.6 Å². The molecule has 6 nitrogen and oxygen atoms in total. The molecule has 0 aliphatic heterocycles. The Morgan fingerprint density at radius 1 is 1.22 bits per heavy atom. The van der Waals surface area contributed by atoms with E-state index in [9.17, 15) is 4.79 Å². The number of aromatic nitrogens is 4. The molecule has 0 saturated carbocycles. The first-order chi connectivity index (χ1) is 11.2. The quantitative estimate of drug-likeness (QED) is 0.804. The van der Waals surface area contributed by atoms with Gasteiger partial charge in [-0.1, -0.05) is 31.2 Å². The number of hydrogen-bond acceptors (Lipinski definition) is 4. The molecule has 0 aliphatic carbocycles. The van der Waals surface area contributed by atoms with Gasteiger partial charge in [-0.2, -0.15) is 0 Å². The average molecular weight is 307 g/mol. The maximum Gasteiger partial charge on any atom is 0.255 e. The summed E-state index contributed by atoms with van der Waals surface area (Å²) in [6.45, 7) is 4.06. The summed E-state index contributed by atoms with van der Waals surface area (Å²) >= 11 is 0. The number of hydrogen-bond donors (Lipinski definition) is 1. The molecule has 0 spiro atoms. The minimum atomic E-state index is -0.149. The molecule has 0 fully saturated rings. The van der Waals surface area contributed by atoms with E-state index in [4.69, 9.17) is 0 Å². The van der Waals surface area contributed by atoms with Crippen molar-refractivity contribution in [2.24, 2.45) is 0 Å². The van der Waals surface area contributed by atoms with Crippen LogP contribution in [0, 0.1) is 6.92 Å². The van der Waals surface area contributed by atoms with E-state index in [1.165, 1.54) is 11.0 Å². The Labute approximate surface area is 134 Å². The lowest BCUT2D eigenvalue weighted by Crippen LogP contribution is -2.14. The normalized spacial score (nSPS) is 10.5. The van der Waals surface area contributed by atoms with E-state index in [2.05, 4.69) is 27.8 Å². The van der Waals surface area contributed by atoms with Crippen molar-refractivity contribution in [2.75, 3.05) is 5.32 Å². The maximum absolute atomic E-state index is 12.6. The van der Waals surface area contributed by atoms with Crippen molar-refractivity contribution in [1.29, 1.82) is 0 Å². The first kappa shape index (κ1) is 14.9. The minimum absolute atomic E-state index is 0.149. The molecule has 1 heterocycles. The van der Waals surface area contributed by atoms with Crippen LogP contribution >= 0.6 is 0 Å². The number of carbonyl (C=O) groups is 1. The molecule has 1 N–H and O–H groups in total. The molecule has 1 amide bonds. The summed E-state index contributed by atoms with van der Waals surface area (Å²) in [6.07, 6.45) is 2.36. The van der Waals surface area contributed by atoms with E-state index < -0.39 is 0 Å². The van der Waals surface area contributed by atoms with Crippen LogP contribution in [-0.4, -0.2) is 26.1 Å². The van der Waals surface area contributed by atoms with E-state index >= 15 is 0 Å². The summed E-state index contributed by atoms with van der Waals surface area (Å²) in [5.41, 5.74) is 4.35. The third kappa shape index (κ3) is 3.11. The second-order valence-corrected chi connectivity index (χ2v) is 5.22. The zero-order valence-corrected chi connectivity index (χ0v) is 13.0. The van der Waals surface area contributed by atoms with Crippen LogP contribution in [0.3, 0.4) is 0 Å². The van der Waals surface area contributed by atoms with Crippen molar-refractivity contribution < 1.29 is 4.79 Å². The predicted molar refractivity (Wildman–Crippen MR) is 87.7 cm³/mol. The molecule has 0 atom stereocenters. The summed E-state index contributed by atoms with van der Waals surface area (Å²) < 4.78 is 1.52. The van der Waals surface area contributed by atoms with Crippen molar-refractivity contribution in [1.82, 2.24) is 20.2 Å². The number of benzene rings is 2. The highest BCUT2D eigenvalue weighted by atomic mass is 16.1. The molecule has 0 aliphatic rings. The molecule has 6 heteroatoms. The smallest absolute Gasteiger partial charge is 0.255 e. The Bertz CT molecular complexity index is 827. The van der Waals surface area contributed by atoms with Crippen LogP contribution in [0.15, 0.2) is 48.8 Å². The summed E-state index contributed by atoms with van der Waals surface area (Å²) in [4.78, 5) is 12.6. The van der Waals surface area contributed by atoms with Gasteiger partial charge in [0.05, 0.1) is 5.69 Å². The predicted octanol–water partition coefficient (Wildman–Crippen LogP) is 2.79. The molecule has 3 aromatic rings. The third-order valence-corrected chi connectivity index (χ3v) is 3.70. The minimum Gasteiger partial charge on any atom is -0.321 e. The van der Waals surface area contributed by atoms with Crippen molar-refractivity contribution in [2.45, 2.75) is 20.3 Å². The second kappa shape index (κ2) is 6.39. The highest BCUT2D eigenvalue weighted by Crippen LogP contribution is 2.22. The van der Waals surface area contributed by atoms with E-state index in [1.807, 2.05) is 37.3 Å². The van der Waals surface area contributed by atoms with Crippen LogP contribution < -0.4 is 5.32 Å². The molecule has 0 unspecified atom stereocenters. The van der Waals surface area contributed by atoms with Gasteiger partial charge < -0.3 is 5.32 Å². The van der Waals surface area contributed by atoms with E-state index in [-0.39, 0.29) is 5.91 Å². The number of carbonyl (C=O) groups excluding carboxylic acids is 1. The third-order valence-electron chi connectivity index (χ3n) is 3.70. The van der Waals surface area contributed by atoms with Gasteiger partial charge in [-0.15, -0.1) is 5.10 Å². The number of nitrogens with zero attached hydrogens (tertiary/aromatic N) is 4. The number of rotatable bonds is 4. The largest absolute Gasteiger partial charge is 0.321 e. The van der Waals surface area contributed by atoms with Gasteiger partial charge in [0.2, 0.25) is 0 Å². The lowest BCUT2D eigenvalue weighted by atomic mass is 10.1. The van der Waals surface area contributed by atoms with Crippen LogP contribution in [0.1, 0.15) is 28.4 Å². The highest BCUT2D eigenvalue weighted by Gasteiger charge is 2.11. The van der Waals surface area contributed by atoms with Crippen LogP contribution in [0.4, 0.5) is 5.69 Å². The second-order valence-electron chi connectivity index (χ2n) is 5.22.